The Morgan fingerprint density at radius 2 is 2.10 bits per heavy atom. The second-order valence-electron chi connectivity index (χ2n) is 4.57. The van der Waals surface area contributed by atoms with E-state index in [9.17, 15) is 10.1 Å². The zero-order chi connectivity index (χ0) is 13.2. The molecule has 8 heteroatoms. The van der Waals surface area contributed by atoms with Gasteiger partial charge in [0.15, 0.2) is 5.16 Å². The van der Waals surface area contributed by atoms with Crippen LogP contribution in [0.4, 0.5) is 5.69 Å². The molecule has 1 saturated heterocycles. The number of piperidine rings is 1. The maximum atomic E-state index is 10.7. The van der Waals surface area contributed by atoms with E-state index in [1.807, 2.05) is 0 Å². The monoisotopic (exact) mass is 314 g/mol. The van der Waals surface area contributed by atoms with Gasteiger partial charge in [-0.2, -0.15) is 0 Å². The molecule has 2 aromatic rings. The second kappa shape index (κ2) is 6.43. The van der Waals surface area contributed by atoms with Gasteiger partial charge in [0, 0.05) is 17.4 Å². The maximum absolute atomic E-state index is 10.7. The minimum atomic E-state index is -0.389. The molecule has 0 saturated carbocycles. The van der Waals surface area contributed by atoms with Crippen LogP contribution in [0.5, 0.6) is 0 Å². The quantitative estimate of drug-likeness (QED) is 0.672. The van der Waals surface area contributed by atoms with E-state index in [4.69, 9.17) is 0 Å². The minimum Gasteiger partial charge on any atom is -0.333 e. The third kappa shape index (κ3) is 3.23. The van der Waals surface area contributed by atoms with E-state index in [1.54, 1.807) is 17.8 Å². The van der Waals surface area contributed by atoms with Gasteiger partial charge in [0.1, 0.15) is 0 Å². The molecule has 0 radical (unpaired) electrons. The molecule has 1 fully saturated rings. The highest BCUT2D eigenvalue weighted by atomic mass is 35.5. The second-order valence-corrected chi connectivity index (χ2v) is 5.86. The molecule has 6 nitrogen and oxygen atoms in total. The summed E-state index contributed by atoms with van der Waals surface area (Å²) in [6, 6.07) is 4.72. The average Bonchev–Trinajstić information content (AvgIpc) is 2.80. The maximum Gasteiger partial charge on any atom is 0.271 e. The molecule has 1 aromatic carbocycles. The Morgan fingerprint density at radius 3 is 2.80 bits per heavy atom. The summed E-state index contributed by atoms with van der Waals surface area (Å²) in [5, 5.41) is 15.5. The SMILES string of the molecule is Cl.O=[N+]([O-])c1ccc2nc(SC3CCNCC3)[nH]c2c1. The van der Waals surface area contributed by atoms with E-state index in [1.165, 1.54) is 12.1 Å². The number of benzene rings is 1. The van der Waals surface area contributed by atoms with E-state index in [2.05, 4.69) is 15.3 Å². The van der Waals surface area contributed by atoms with Crippen molar-refractivity contribution in [3.63, 3.8) is 0 Å². The zero-order valence-electron chi connectivity index (χ0n) is 10.7. The molecule has 2 heterocycles. The molecule has 108 valence electrons. The van der Waals surface area contributed by atoms with Gasteiger partial charge in [-0.25, -0.2) is 4.98 Å². The number of non-ortho nitro benzene ring substituents is 1. The number of nitro groups is 1. The highest BCUT2D eigenvalue weighted by Crippen LogP contribution is 2.29. The third-order valence-electron chi connectivity index (χ3n) is 3.22. The molecule has 0 aliphatic carbocycles. The molecule has 0 amide bonds. The van der Waals surface area contributed by atoms with Crippen LogP contribution in [0.25, 0.3) is 11.0 Å². The fourth-order valence-corrected chi connectivity index (χ4v) is 3.32. The van der Waals surface area contributed by atoms with Crippen molar-refractivity contribution in [3.8, 4) is 0 Å². The zero-order valence-corrected chi connectivity index (χ0v) is 12.3. The van der Waals surface area contributed by atoms with Gasteiger partial charge in [-0.1, -0.05) is 11.8 Å². The largest absolute Gasteiger partial charge is 0.333 e. The molecule has 0 spiro atoms. The molecule has 0 atom stereocenters. The number of H-pyrrole nitrogens is 1. The number of aromatic nitrogens is 2. The fraction of sp³-hybridized carbons (Fsp3) is 0.417. The lowest BCUT2D eigenvalue weighted by Gasteiger charge is -2.20. The summed E-state index contributed by atoms with van der Waals surface area (Å²) < 4.78 is 0. The number of rotatable bonds is 3. The van der Waals surface area contributed by atoms with Crippen LogP contribution >= 0.6 is 24.2 Å². The molecule has 3 rings (SSSR count). The van der Waals surface area contributed by atoms with E-state index in [0.717, 1.165) is 42.1 Å². The topological polar surface area (TPSA) is 83.8 Å². The Hall–Kier alpha value is -1.31. The molecule has 2 N–H and O–H groups in total. The van der Waals surface area contributed by atoms with Crippen LogP contribution in [0.2, 0.25) is 0 Å². The highest BCUT2D eigenvalue weighted by Gasteiger charge is 2.17. The Morgan fingerprint density at radius 1 is 1.35 bits per heavy atom. The first-order valence-electron chi connectivity index (χ1n) is 6.24. The molecule has 1 aliphatic heterocycles. The minimum absolute atomic E-state index is 0. The van der Waals surface area contributed by atoms with Gasteiger partial charge in [0.2, 0.25) is 0 Å². The van der Waals surface area contributed by atoms with Gasteiger partial charge in [-0.3, -0.25) is 10.1 Å². The Balaban J connectivity index is 0.00000147. The summed E-state index contributed by atoms with van der Waals surface area (Å²) in [7, 11) is 0. The van der Waals surface area contributed by atoms with Gasteiger partial charge in [-0.15, -0.1) is 12.4 Å². The van der Waals surface area contributed by atoms with E-state index in [0.29, 0.717) is 5.25 Å². The molecule has 0 unspecified atom stereocenters. The van der Waals surface area contributed by atoms with E-state index in [-0.39, 0.29) is 23.0 Å². The van der Waals surface area contributed by atoms with Crippen molar-refractivity contribution in [2.45, 2.75) is 23.2 Å². The van der Waals surface area contributed by atoms with Crippen molar-refractivity contribution in [3.05, 3.63) is 28.3 Å². The normalized spacial score (nSPS) is 16.0. The van der Waals surface area contributed by atoms with Crippen LogP contribution in [0.15, 0.2) is 23.4 Å². The number of nitrogens with zero attached hydrogens (tertiary/aromatic N) is 2. The number of hydrogen-bond donors (Lipinski definition) is 2. The summed E-state index contributed by atoms with van der Waals surface area (Å²) in [5.74, 6) is 0. The van der Waals surface area contributed by atoms with Gasteiger partial charge in [0.05, 0.1) is 16.0 Å². The number of hydrogen-bond acceptors (Lipinski definition) is 5. The molecular formula is C12H15ClN4O2S. The van der Waals surface area contributed by atoms with Crippen LogP contribution in [0, 0.1) is 10.1 Å². The van der Waals surface area contributed by atoms with Crippen molar-refractivity contribution in [2.75, 3.05) is 13.1 Å². The summed E-state index contributed by atoms with van der Waals surface area (Å²) in [6.45, 7) is 2.09. The number of nitrogens with one attached hydrogen (secondary N) is 2. The summed E-state index contributed by atoms with van der Waals surface area (Å²) in [5.41, 5.74) is 1.60. The number of fused-ring (bicyclic) bond motifs is 1. The lowest BCUT2D eigenvalue weighted by molar-refractivity contribution is -0.384. The van der Waals surface area contributed by atoms with Crippen molar-refractivity contribution in [2.24, 2.45) is 0 Å². The van der Waals surface area contributed by atoms with Gasteiger partial charge >= 0.3 is 0 Å². The van der Waals surface area contributed by atoms with Crippen LogP contribution in [-0.4, -0.2) is 33.2 Å². The van der Waals surface area contributed by atoms with Crippen molar-refractivity contribution in [1.29, 1.82) is 0 Å². The Bertz CT molecular complexity index is 613. The van der Waals surface area contributed by atoms with Gasteiger partial charge < -0.3 is 10.3 Å². The number of thioether (sulfide) groups is 1. The predicted molar refractivity (Wildman–Crippen MR) is 81.7 cm³/mol. The summed E-state index contributed by atoms with van der Waals surface area (Å²) in [4.78, 5) is 18.0. The fourth-order valence-electron chi connectivity index (χ4n) is 2.21. The highest BCUT2D eigenvalue weighted by molar-refractivity contribution is 7.99. The van der Waals surface area contributed by atoms with Crippen LogP contribution in [-0.2, 0) is 0 Å². The lowest BCUT2D eigenvalue weighted by atomic mass is 10.2. The molecular weight excluding hydrogens is 300 g/mol. The Labute approximate surface area is 126 Å². The number of halogens is 1. The van der Waals surface area contributed by atoms with Crippen molar-refractivity contribution in [1.82, 2.24) is 15.3 Å². The third-order valence-corrected chi connectivity index (χ3v) is 4.44. The standard InChI is InChI=1S/C12H14N4O2S.ClH/c17-16(18)8-1-2-10-11(7-8)15-12(14-10)19-9-3-5-13-6-4-9;/h1-2,7,9,13H,3-6H2,(H,14,15);1H. The van der Waals surface area contributed by atoms with E-state index < -0.39 is 0 Å². The molecule has 1 aliphatic rings. The van der Waals surface area contributed by atoms with Crippen LogP contribution < -0.4 is 5.32 Å². The molecule has 0 bridgehead atoms. The van der Waals surface area contributed by atoms with Gasteiger partial charge in [0.25, 0.3) is 5.69 Å². The van der Waals surface area contributed by atoms with Crippen molar-refractivity contribution < 1.29 is 4.92 Å². The summed E-state index contributed by atoms with van der Waals surface area (Å²) >= 11 is 1.73. The van der Waals surface area contributed by atoms with Gasteiger partial charge in [-0.05, 0) is 32.0 Å². The lowest BCUT2D eigenvalue weighted by Crippen LogP contribution is -2.29. The Kier molecular flexibility index (Phi) is 4.85. The number of nitro benzene ring substituents is 1. The molecule has 20 heavy (non-hydrogen) atoms. The smallest absolute Gasteiger partial charge is 0.271 e. The number of aromatic amines is 1. The average molecular weight is 315 g/mol. The van der Waals surface area contributed by atoms with Crippen molar-refractivity contribution >= 4 is 40.9 Å². The first-order valence-corrected chi connectivity index (χ1v) is 7.12. The van der Waals surface area contributed by atoms with E-state index >= 15 is 0 Å². The first-order chi connectivity index (χ1) is 9.22. The van der Waals surface area contributed by atoms with Crippen LogP contribution in [0.3, 0.4) is 0 Å². The first kappa shape index (κ1) is 15.1. The predicted octanol–water partition coefficient (Wildman–Crippen LogP) is 2.74. The van der Waals surface area contributed by atoms with Crippen LogP contribution in [0.1, 0.15) is 12.8 Å². The molecule has 1 aromatic heterocycles. The summed E-state index contributed by atoms with van der Waals surface area (Å²) in [6.07, 6.45) is 2.25. The number of imidazole rings is 1.